The van der Waals surface area contributed by atoms with E-state index in [2.05, 4.69) is 32.2 Å². The molecule has 176 valence electrons. The summed E-state index contributed by atoms with van der Waals surface area (Å²) in [4.78, 5) is 43.0. The Balaban J connectivity index is 1.20. The number of aromatic nitrogens is 3. The molecule has 1 N–H and O–H groups in total. The summed E-state index contributed by atoms with van der Waals surface area (Å²) in [7, 11) is 2.09. The van der Waals surface area contributed by atoms with E-state index >= 15 is 0 Å². The van der Waals surface area contributed by atoms with Crippen molar-refractivity contribution >= 4 is 28.4 Å². The first-order valence-electron chi connectivity index (χ1n) is 12.0. The number of rotatable bonds is 4. The SMILES string of the molecule is CN1CCN(C(=O)[C@H]2CC[C@H](C(=O)Nc3cc4cc(-c5cnccn5)ccc4cn3)CC2)CC1. The molecule has 1 saturated heterocycles. The molecule has 0 atom stereocenters. The molecular formula is C26H30N6O2. The van der Waals surface area contributed by atoms with Crippen LogP contribution in [0.1, 0.15) is 25.7 Å². The van der Waals surface area contributed by atoms with Gasteiger partial charge in [-0.1, -0.05) is 12.1 Å². The Morgan fingerprint density at radius 3 is 2.38 bits per heavy atom. The lowest BCUT2D eigenvalue weighted by atomic mass is 9.81. The minimum atomic E-state index is -0.0834. The number of nitrogens with one attached hydrogen (secondary N) is 1. The molecule has 3 heterocycles. The lowest BCUT2D eigenvalue weighted by molar-refractivity contribution is -0.139. The van der Waals surface area contributed by atoms with Crippen molar-refractivity contribution < 1.29 is 9.59 Å². The van der Waals surface area contributed by atoms with Gasteiger partial charge in [0, 0.05) is 67.6 Å². The van der Waals surface area contributed by atoms with Crippen molar-refractivity contribution in [2.24, 2.45) is 11.8 Å². The third kappa shape index (κ3) is 4.92. The van der Waals surface area contributed by atoms with Gasteiger partial charge < -0.3 is 15.1 Å². The molecule has 34 heavy (non-hydrogen) atoms. The fourth-order valence-electron chi connectivity index (χ4n) is 4.93. The normalized spacial score (nSPS) is 21.4. The highest BCUT2D eigenvalue weighted by atomic mass is 16.2. The van der Waals surface area contributed by atoms with Crippen molar-refractivity contribution in [2.45, 2.75) is 25.7 Å². The van der Waals surface area contributed by atoms with Crippen molar-refractivity contribution in [1.82, 2.24) is 24.8 Å². The van der Waals surface area contributed by atoms with Crippen LogP contribution in [-0.4, -0.2) is 69.8 Å². The maximum Gasteiger partial charge on any atom is 0.228 e. The zero-order valence-electron chi connectivity index (χ0n) is 19.5. The molecule has 0 bridgehead atoms. The number of pyridine rings is 1. The average molecular weight is 459 g/mol. The molecular weight excluding hydrogens is 428 g/mol. The molecule has 1 aliphatic carbocycles. The molecule has 0 radical (unpaired) electrons. The molecule has 1 saturated carbocycles. The quantitative estimate of drug-likeness (QED) is 0.646. The Bertz CT molecular complexity index is 1170. The molecule has 2 amide bonds. The van der Waals surface area contributed by atoms with Gasteiger partial charge in [0.1, 0.15) is 5.82 Å². The Morgan fingerprint density at radius 1 is 0.882 bits per heavy atom. The highest BCUT2D eigenvalue weighted by Gasteiger charge is 2.33. The Morgan fingerprint density at radius 2 is 1.65 bits per heavy atom. The maximum absolute atomic E-state index is 12.9. The van der Waals surface area contributed by atoms with Gasteiger partial charge in [-0.2, -0.15) is 0 Å². The number of anilines is 1. The van der Waals surface area contributed by atoms with Gasteiger partial charge in [-0.25, -0.2) is 4.98 Å². The summed E-state index contributed by atoms with van der Waals surface area (Å²) >= 11 is 0. The van der Waals surface area contributed by atoms with Gasteiger partial charge in [0.2, 0.25) is 11.8 Å². The smallest absolute Gasteiger partial charge is 0.228 e. The summed E-state index contributed by atoms with van der Waals surface area (Å²) in [6.45, 7) is 3.48. The fraction of sp³-hybridized carbons (Fsp3) is 0.423. The van der Waals surface area contributed by atoms with Gasteiger partial charge in [-0.05, 0) is 50.2 Å². The fourth-order valence-corrected chi connectivity index (χ4v) is 4.93. The van der Waals surface area contributed by atoms with Crippen LogP contribution >= 0.6 is 0 Å². The number of hydrogen-bond acceptors (Lipinski definition) is 6. The van der Waals surface area contributed by atoms with E-state index in [1.807, 2.05) is 29.2 Å². The lowest BCUT2D eigenvalue weighted by Crippen LogP contribution is -2.49. The lowest BCUT2D eigenvalue weighted by Gasteiger charge is -2.36. The Labute approximate surface area is 199 Å². The molecule has 5 rings (SSSR count). The molecule has 8 nitrogen and oxygen atoms in total. The van der Waals surface area contributed by atoms with Crippen molar-refractivity contribution in [3.05, 3.63) is 49.1 Å². The summed E-state index contributed by atoms with van der Waals surface area (Å²) in [6, 6.07) is 7.92. The topological polar surface area (TPSA) is 91.3 Å². The Kier molecular flexibility index (Phi) is 6.49. The van der Waals surface area contributed by atoms with E-state index in [-0.39, 0.29) is 23.7 Å². The van der Waals surface area contributed by atoms with Crippen LogP contribution in [0.2, 0.25) is 0 Å². The number of carbonyl (C=O) groups excluding carboxylic acids is 2. The summed E-state index contributed by atoms with van der Waals surface area (Å²) < 4.78 is 0. The predicted octanol–water partition coefficient (Wildman–Crippen LogP) is 3.21. The number of nitrogens with zero attached hydrogens (tertiary/aromatic N) is 5. The highest BCUT2D eigenvalue weighted by Crippen LogP contribution is 2.31. The zero-order chi connectivity index (χ0) is 23.5. The summed E-state index contributed by atoms with van der Waals surface area (Å²) in [5.41, 5.74) is 1.77. The summed E-state index contributed by atoms with van der Waals surface area (Å²) in [6.07, 6.45) is 9.85. The van der Waals surface area contributed by atoms with Crippen LogP contribution in [0.3, 0.4) is 0 Å². The number of hydrogen-bond donors (Lipinski definition) is 1. The molecule has 1 aromatic carbocycles. The van der Waals surface area contributed by atoms with Crippen molar-refractivity contribution in [1.29, 1.82) is 0 Å². The van der Waals surface area contributed by atoms with E-state index < -0.39 is 0 Å². The first-order valence-corrected chi connectivity index (χ1v) is 12.0. The number of fused-ring (bicyclic) bond motifs is 1. The molecule has 1 aliphatic heterocycles. The summed E-state index contributed by atoms with van der Waals surface area (Å²) in [5, 5.41) is 4.97. The van der Waals surface area contributed by atoms with Gasteiger partial charge >= 0.3 is 0 Å². The number of benzene rings is 1. The predicted molar refractivity (Wildman–Crippen MR) is 131 cm³/mol. The minimum Gasteiger partial charge on any atom is -0.340 e. The van der Waals surface area contributed by atoms with Crippen LogP contribution in [0.4, 0.5) is 5.82 Å². The van der Waals surface area contributed by atoms with Crippen LogP contribution in [0, 0.1) is 11.8 Å². The second-order valence-corrected chi connectivity index (χ2v) is 9.39. The number of carbonyl (C=O) groups is 2. The zero-order valence-corrected chi connectivity index (χ0v) is 19.5. The number of likely N-dealkylation sites (N-methyl/N-ethyl adjacent to an activating group) is 1. The van der Waals surface area contributed by atoms with Crippen LogP contribution in [-0.2, 0) is 9.59 Å². The van der Waals surface area contributed by atoms with Gasteiger partial charge in [0.05, 0.1) is 11.9 Å². The molecule has 2 aliphatic rings. The van der Waals surface area contributed by atoms with Crippen LogP contribution in [0.5, 0.6) is 0 Å². The second-order valence-electron chi connectivity index (χ2n) is 9.39. The van der Waals surface area contributed by atoms with E-state index in [9.17, 15) is 9.59 Å². The molecule has 8 heteroatoms. The first-order chi connectivity index (χ1) is 16.6. The minimum absolute atomic E-state index is 0.0116. The largest absolute Gasteiger partial charge is 0.340 e. The van der Waals surface area contributed by atoms with E-state index in [1.54, 1.807) is 24.8 Å². The average Bonchev–Trinajstić information content (AvgIpc) is 2.89. The molecule has 0 unspecified atom stereocenters. The number of piperazine rings is 1. The second kappa shape index (κ2) is 9.85. The van der Waals surface area contributed by atoms with E-state index in [1.165, 1.54) is 0 Å². The molecule has 2 fully saturated rings. The maximum atomic E-state index is 12.9. The van der Waals surface area contributed by atoms with E-state index in [4.69, 9.17) is 0 Å². The molecule has 2 aromatic heterocycles. The van der Waals surface area contributed by atoms with Crippen molar-refractivity contribution in [3.8, 4) is 11.3 Å². The van der Waals surface area contributed by atoms with E-state index in [0.29, 0.717) is 5.82 Å². The van der Waals surface area contributed by atoms with Gasteiger partial charge in [0.25, 0.3) is 0 Å². The van der Waals surface area contributed by atoms with Crippen molar-refractivity contribution in [2.75, 3.05) is 38.5 Å². The van der Waals surface area contributed by atoms with Gasteiger partial charge in [-0.15, -0.1) is 0 Å². The summed E-state index contributed by atoms with van der Waals surface area (Å²) in [5.74, 6) is 0.764. The third-order valence-electron chi connectivity index (χ3n) is 7.09. The molecule has 3 aromatic rings. The third-order valence-corrected chi connectivity index (χ3v) is 7.09. The van der Waals surface area contributed by atoms with Crippen LogP contribution < -0.4 is 5.32 Å². The van der Waals surface area contributed by atoms with Crippen LogP contribution in [0.25, 0.3) is 22.0 Å². The Hall–Kier alpha value is -3.39. The van der Waals surface area contributed by atoms with Crippen molar-refractivity contribution in [3.63, 3.8) is 0 Å². The molecule has 0 spiro atoms. The highest BCUT2D eigenvalue weighted by molar-refractivity contribution is 5.95. The van der Waals surface area contributed by atoms with Gasteiger partial charge in [0.15, 0.2) is 0 Å². The standard InChI is InChI=1S/C26H30N6O2/c1-31-10-12-32(13-11-31)26(34)19-4-2-18(3-5-19)25(33)30-24-15-22-14-20(6-7-21(22)16-29-24)23-17-27-8-9-28-23/h6-9,14-19H,2-5,10-13H2,1H3,(H,29,30,33)/t18-,19-. The van der Waals surface area contributed by atoms with Crippen LogP contribution in [0.15, 0.2) is 49.1 Å². The monoisotopic (exact) mass is 458 g/mol. The van der Waals surface area contributed by atoms with E-state index in [0.717, 1.165) is 73.9 Å². The van der Waals surface area contributed by atoms with Gasteiger partial charge in [-0.3, -0.25) is 19.6 Å². The number of amides is 2. The first kappa shape index (κ1) is 22.4.